The molecule has 0 aliphatic carbocycles. The molecule has 1 aliphatic rings. The predicted molar refractivity (Wildman–Crippen MR) is 86.1 cm³/mol. The van der Waals surface area contributed by atoms with Crippen LogP contribution in [-0.4, -0.2) is 42.0 Å². The highest BCUT2D eigenvalue weighted by Crippen LogP contribution is 2.24. The van der Waals surface area contributed by atoms with Crippen molar-refractivity contribution in [2.45, 2.75) is 13.8 Å². The Morgan fingerprint density at radius 3 is 2.62 bits per heavy atom. The Balaban J connectivity index is 1.68. The summed E-state index contributed by atoms with van der Waals surface area (Å²) in [6.45, 7) is 7.61. The Morgan fingerprint density at radius 1 is 1.19 bits per heavy atom. The fourth-order valence-electron chi connectivity index (χ4n) is 2.71. The summed E-state index contributed by atoms with van der Waals surface area (Å²) >= 11 is 1.41. The largest absolute Gasteiger partial charge is 0.368 e. The van der Waals surface area contributed by atoms with Crippen molar-refractivity contribution in [1.29, 1.82) is 0 Å². The Hall–Kier alpha value is -1.88. The number of thiazole rings is 1. The van der Waals surface area contributed by atoms with E-state index in [4.69, 9.17) is 0 Å². The highest BCUT2D eigenvalue weighted by Gasteiger charge is 2.23. The summed E-state index contributed by atoms with van der Waals surface area (Å²) in [5, 5.41) is 0. The first-order chi connectivity index (χ1) is 10.2. The SMILES string of the molecule is Cc1cccc(N2CCN(C(=O)c3cncs3)CC2)c1C. The minimum atomic E-state index is 0.109. The number of hydrogen-bond donors (Lipinski definition) is 0. The van der Waals surface area contributed by atoms with Crippen LogP contribution in [0.1, 0.15) is 20.8 Å². The standard InChI is InChI=1S/C16H19N3OS/c1-12-4-3-5-14(13(12)2)18-6-8-19(9-7-18)16(20)15-10-17-11-21-15/h3-5,10-11H,6-9H2,1-2H3. The summed E-state index contributed by atoms with van der Waals surface area (Å²) in [5.74, 6) is 0.109. The number of carbonyl (C=O) groups excluding carboxylic acids is 1. The van der Waals surface area contributed by atoms with Crippen LogP contribution in [-0.2, 0) is 0 Å². The highest BCUT2D eigenvalue weighted by molar-refractivity contribution is 7.11. The molecule has 1 aromatic heterocycles. The van der Waals surface area contributed by atoms with E-state index in [1.165, 1.54) is 28.2 Å². The molecule has 0 N–H and O–H groups in total. The van der Waals surface area contributed by atoms with Gasteiger partial charge < -0.3 is 9.80 Å². The van der Waals surface area contributed by atoms with Crippen LogP contribution in [0.4, 0.5) is 5.69 Å². The van der Waals surface area contributed by atoms with Gasteiger partial charge in [0.25, 0.3) is 5.91 Å². The van der Waals surface area contributed by atoms with Crippen LogP contribution >= 0.6 is 11.3 Å². The minimum absolute atomic E-state index is 0.109. The van der Waals surface area contributed by atoms with Gasteiger partial charge in [0.15, 0.2) is 0 Å². The number of hydrogen-bond acceptors (Lipinski definition) is 4. The van der Waals surface area contributed by atoms with Gasteiger partial charge >= 0.3 is 0 Å². The van der Waals surface area contributed by atoms with Crippen molar-refractivity contribution in [2.24, 2.45) is 0 Å². The van der Waals surface area contributed by atoms with E-state index in [-0.39, 0.29) is 5.91 Å². The van der Waals surface area contributed by atoms with Gasteiger partial charge in [0.05, 0.1) is 11.7 Å². The van der Waals surface area contributed by atoms with E-state index in [2.05, 4.69) is 41.9 Å². The molecule has 1 saturated heterocycles. The molecule has 0 spiro atoms. The van der Waals surface area contributed by atoms with E-state index in [1.807, 2.05) is 4.90 Å². The number of anilines is 1. The number of amides is 1. The molecule has 1 aliphatic heterocycles. The summed E-state index contributed by atoms with van der Waals surface area (Å²) in [7, 11) is 0. The molecule has 110 valence electrons. The van der Waals surface area contributed by atoms with Gasteiger partial charge in [-0.25, -0.2) is 0 Å². The molecule has 1 aromatic carbocycles. The minimum Gasteiger partial charge on any atom is -0.368 e. The molecule has 5 heteroatoms. The maximum atomic E-state index is 12.3. The zero-order valence-corrected chi connectivity index (χ0v) is 13.2. The molecule has 2 aromatic rings. The van der Waals surface area contributed by atoms with Gasteiger partial charge in [0.1, 0.15) is 4.88 Å². The van der Waals surface area contributed by atoms with E-state index in [0.29, 0.717) is 0 Å². The topological polar surface area (TPSA) is 36.4 Å². The van der Waals surface area contributed by atoms with Crippen molar-refractivity contribution >= 4 is 22.9 Å². The zero-order chi connectivity index (χ0) is 14.8. The molecule has 0 atom stereocenters. The van der Waals surface area contributed by atoms with Crippen LogP contribution in [0.2, 0.25) is 0 Å². The van der Waals surface area contributed by atoms with Crippen LogP contribution in [0.15, 0.2) is 29.9 Å². The number of piperazine rings is 1. The van der Waals surface area contributed by atoms with Crippen molar-refractivity contribution in [2.75, 3.05) is 31.1 Å². The van der Waals surface area contributed by atoms with Crippen LogP contribution in [0.3, 0.4) is 0 Å². The first-order valence-electron chi connectivity index (χ1n) is 7.16. The number of benzene rings is 1. The number of rotatable bonds is 2. The molecule has 2 heterocycles. The Morgan fingerprint density at radius 2 is 1.95 bits per heavy atom. The van der Waals surface area contributed by atoms with E-state index in [9.17, 15) is 4.79 Å². The number of nitrogens with zero attached hydrogens (tertiary/aromatic N) is 3. The second-order valence-corrected chi connectivity index (χ2v) is 6.25. The smallest absolute Gasteiger partial charge is 0.265 e. The van der Waals surface area contributed by atoms with Crippen LogP contribution in [0.5, 0.6) is 0 Å². The third-order valence-electron chi connectivity index (χ3n) is 4.13. The molecule has 21 heavy (non-hydrogen) atoms. The molecule has 3 rings (SSSR count). The molecule has 0 saturated carbocycles. The van der Waals surface area contributed by atoms with Crippen molar-refractivity contribution in [1.82, 2.24) is 9.88 Å². The molecule has 0 radical (unpaired) electrons. The normalized spacial score (nSPS) is 15.3. The van der Waals surface area contributed by atoms with E-state index in [1.54, 1.807) is 11.7 Å². The lowest BCUT2D eigenvalue weighted by atomic mass is 10.1. The Labute approximate surface area is 129 Å². The lowest BCUT2D eigenvalue weighted by Crippen LogP contribution is -2.48. The van der Waals surface area contributed by atoms with Crippen molar-refractivity contribution in [3.63, 3.8) is 0 Å². The fraction of sp³-hybridized carbons (Fsp3) is 0.375. The van der Waals surface area contributed by atoms with E-state index >= 15 is 0 Å². The van der Waals surface area contributed by atoms with Gasteiger partial charge in [-0.3, -0.25) is 9.78 Å². The fourth-order valence-corrected chi connectivity index (χ4v) is 3.29. The van der Waals surface area contributed by atoms with Gasteiger partial charge in [-0.05, 0) is 31.0 Å². The van der Waals surface area contributed by atoms with Crippen molar-refractivity contribution < 1.29 is 4.79 Å². The van der Waals surface area contributed by atoms with Crippen LogP contribution in [0.25, 0.3) is 0 Å². The summed E-state index contributed by atoms with van der Waals surface area (Å²) in [4.78, 5) is 21.3. The van der Waals surface area contributed by atoms with Crippen molar-refractivity contribution in [3.05, 3.63) is 45.9 Å². The molecular formula is C16H19N3OS. The second-order valence-electron chi connectivity index (χ2n) is 5.36. The number of aromatic nitrogens is 1. The monoisotopic (exact) mass is 301 g/mol. The first-order valence-corrected chi connectivity index (χ1v) is 8.03. The zero-order valence-electron chi connectivity index (χ0n) is 12.4. The molecule has 1 amide bonds. The Bertz CT molecular complexity index is 631. The Kier molecular flexibility index (Phi) is 3.92. The van der Waals surface area contributed by atoms with E-state index in [0.717, 1.165) is 31.1 Å². The van der Waals surface area contributed by atoms with Crippen LogP contribution < -0.4 is 4.90 Å². The summed E-state index contributed by atoms with van der Waals surface area (Å²) in [5.41, 5.74) is 5.65. The van der Waals surface area contributed by atoms with Crippen molar-refractivity contribution in [3.8, 4) is 0 Å². The van der Waals surface area contributed by atoms with Gasteiger partial charge in [-0.15, -0.1) is 11.3 Å². The van der Waals surface area contributed by atoms with Gasteiger partial charge in [-0.2, -0.15) is 0 Å². The molecule has 1 fully saturated rings. The number of aryl methyl sites for hydroxylation is 1. The summed E-state index contributed by atoms with van der Waals surface area (Å²) in [6.07, 6.45) is 1.66. The molecule has 0 bridgehead atoms. The maximum absolute atomic E-state index is 12.3. The summed E-state index contributed by atoms with van der Waals surface area (Å²) in [6, 6.07) is 6.41. The molecule has 4 nitrogen and oxygen atoms in total. The quantitative estimate of drug-likeness (QED) is 0.856. The molecule has 0 unspecified atom stereocenters. The first kappa shape index (κ1) is 14.1. The number of carbonyl (C=O) groups is 1. The van der Waals surface area contributed by atoms with Gasteiger partial charge in [0, 0.05) is 31.9 Å². The van der Waals surface area contributed by atoms with Gasteiger partial charge in [0.2, 0.25) is 0 Å². The third-order valence-corrected chi connectivity index (χ3v) is 4.89. The lowest BCUT2D eigenvalue weighted by molar-refractivity contribution is 0.0751. The molecular weight excluding hydrogens is 282 g/mol. The maximum Gasteiger partial charge on any atom is 0.265 e. The van der Waals surface area contributed by atoms with Crippen LogP contribution in [0, 0.1) is 13.8 Å². The highest BCUT2D eigenvalue weighted by atomic mass is 32.1. The second kappa shape index (κ2) is 5.85. The average Bonchev–Trinajstić information content (AvgIpc) is 3.04. The average molecular weight is 301 g/mol. The summed E-state index contributed by atoms with van der Waals surface area (Å²) < 4.78 is 0. The predicted octanol–water partition coefficient (Wildman–Crippen LogP) is 2.72. The van der Waals surface area contributed by atoms with E-state index < -0.39 is 0 Å². The third kappa shape index (κ3) is 2.78. The lowest BCUT2D eigenvalue weighted by Gasteiger charge is -2.36. The van der Waals surface area contributed by atoms with Gasteiger partial charge in [-0.1, -0.05) is 12.1 Å².